The number of aryl methyl sites for hydroxylation is 2. The molecule has 0 amide bonds. The van der Waals surface area contributed by atoms with Crippen molar-refractivity contribution in [2.75, 3.05) is 7.11 Å². The molecule has 4 nitrogen and oxygen atoms in total. The third-order valence-corrected chi connectivity index (χ3v) is 4.56. The van der Waals surface area contributed by atoms with E-state index in [4.69, 9.17) is 16.3 Å². The molecule has 0 radical (unpaired) electrons. The van der Waals surface area contributed by atoms with Crippen molar-refractivity contribution in [1.29, 1.82) is 0 Å². The predicted molar refractivity (Wildman–Crippen MR) is 72.6 cm³/mol. The van der Waals surface area contributed by atoms with Gasteiger partial charge in [0.2, 0.25) is 0 Å². The van der Waals surface area contributed by atoms with E-state index in [0.29, 0.717) is 23.0 Å². The first-order valence-electron chi connectivity index (χ1n) is 5.61. The van der Waals surface area contributed by atoms with Gasteiger partial charge in [0.25, 0.3) is 0 Å². The molecule has 2 aromatic rings. The first kappa shape index (κ1) is 13.4. The van der Waals surface area contributed by atoms with Crippen molar-refractivity contribution >= 4 is 22.9 Å². The van der Waals surface area contributed by atoms with Gasteiger partial charge >= 0.3 is 0 Å². The molecule has 1 N–H and O–H groups in total. The van der Waals surface area contributed by atoms with Crippen molar-refractivity contribution in [3.63, 3.8) is 0 Å². The Labute approximate surface area is 115 Å². The van der Waals surface area contributed by atoms with Crippen LogP contribution in [-0.4, -0.2) is 22.0 Å². The van der Waals surface area contributed by atoms with Crippen LogP contribution < -0.4 is 4.74 Å². The number of rotatable bonds is 4. The summed E-state index contributed by atoms with van der Waals surface area (Å²) in [6.45, 7) is 4.55. The van der Waals surface area contributed by atoms with Gasteiger partial charge in [0.1, 0.15) is 11.8 Å². The van der Waals surface area contributed by atoms with Gasteiger partial charge < -0.3 is 9.84 Å². The lowest BCUT2D eigenvalue weighted by atomic mass is 10.2. The van der Waals surface area contributed by atoms with Gasteiger partial charge in [-0.25, -0.2) is 0 Å². The van der Waals surface area contributed by atoms with Gasteiger partial charge in [-0.2, -0.15) is 5.10 Å². The van der Waals surface area contributed by atoms with Gasteiger partial charge in [0, 0.05) is 6.54 Å². The first-order valence-corrected chi connectivity index (χ1v) is 6.87. The summed E-state index contributed by atoms with van der Waals surface area (Å²) in [4.78, 5) is 0.725. The highest BCUT2D eigenvalue weighted by molar-refractivity contribution is 7.10. The maximum absolute atomic E-state index is 10.5. The molecule has 0 aliphatic rings. The molecular weight excluding hydrogens is 272 g/mol. The molecule has 6 heteroatoms. The molecule has 0 bridgehead atoms. The second-order valence-corrected chi connectivity index (χ2v) is 5.20. The van der Waals surface area contributed by atoms with Gasteiger partial charge in [0.05, 0.1) is 23.2 Å². The summed E-state index contributed by atoms with van der Waals surface area (Å²) < 4.78 is 6.95. The number of methoxy groups -OCH3 is 1. The SMILES string of the molecule is CCn1ncc(OC)c1C(O)c1scc(C)c1Cl. The molecule has 1 atom stereocenters. The molecule has 0 aliphatic heterocycles. The molecule has 0 aliphatic carbocycles. The summed E-state index contributed by atoms with van der Waals surface area (Å²) in [7, 11) is 1.56. The van der Waals surface area contributed by atoms with E-state index < -0.39 is 6.10 Å². The lowest BCUT2D eigenvalue weighted by Crippen LogP contribution is -2.09. The number of ether oxygens (including phenoxy) is 1. The monoisotopic (exact) mass is 286 g/mol. The molecular formula is C12H15ClN2O2S. The average Bonchev–Trinajstić information content (AvgIpc) is 2.93. The van der Waals surface area contributed by atoms with Crippen LogP contribution >= 0.6 is 22.9 Å². The summed E-state index contributed by atoms with van der Waals surface area (Å²) in [5, 5.41) is 17.2. The van der Waals surface area contributed by atoms with E-state index >= 15 is 0 Å². The number of halogens is 1. The Balaban J connectivity index is 2.48. The van der Waals surface area contributed by atoms with E-state index in [-0.39, 0.29) is 0 Å². The minimum absolute atomic E-state index is 0.575. The summed E-state index contributed by atoms with van der Waals surface area (Å²) in [6, 6.07) is 0. The van der Waals surface area contributed by atoms with E-state index in [2.05, 4.69) is 5.10 Å². The maximum Gasteiger partial charge on any atom is 0.163 e. The zero-order chi connectivity index (χ0) is 13.3. The lowest BCUT2D eigenvalue weighted by Gasteiger charge is -2.13. The van der Waals surface area contributed by atoms with Crippen LogP contribution in [0.4, 0.5) is 0 Å². The number of aliphatic hydroxyl groups is 1. The Kier molecular flexibility index (Phi) is 3.94. The van der Waals surface area contributed by atoms with Crippen LogP contribution in [0, 0.1) is 6.92 Å². The van der Waals surface area contributed by atoms with Crippen molar-refractivity contribution in [2.45, 2.75) is 26.5 Å². The maximum atomic E-state index is 10.5. The van der Waals surface area contributed by atoms with Crippen LogP contribution in [0.3, 0.4) is 0 Å². The second-order valence-electron chi connectivity index (χ2n) is 3.91. The van der Waals surface area contributed by atoms with E-state index in [1.165, 1.54) is 11.3 Å². The predicted octanol–water partition coefficient (Wildman–Crippen LogP) is 3.02. The van der Waals surface area contributed by atoms with E-state index in [9.17, 15) is 5.11 Å². The van der Waals surface area contributed by atoms with Crippen molar-refractivity contribution in [3.8, 4) is 5.75 Å². The Morgan fingerprint density at radius 2 is 2.33 bits per heavy atom. The fourth-order valence-corrected chi connectivity index (χ4v) is 3.10. The van der Waals surface area contributed by atoms with Gasteiger partial charge in [-0.3, -0.25) is 4.68 Å². The minimum atomic E-state index is -0.811. The van der Waals surface area contributed by atoms with Crippen molar-refractivity contribution in [3.05, 3.63) is 32.7 Å². The second kappa shape index (κ2) is 5.30. The van der Waals surface area contributed by atoms with E-state index in [1.54, 1.807) is 18.0 Å². The Morgan fingerprint density at radius 3 is 2.83 bits per heavy atom. The van der Waals surface area contributed by atoms with E-state index in [1.807, 2.05) is 19.2 Å². The smallest absolute Gasteiger partial charge is 0.163 e. The Bertz CT molecular complexity index is 529. The quantitative estimate of drug-likeness (QED) is 0.940. The highest BCUT2D eigenvalue weighted by Gasteiger charge is 2.24. The molecule has 0 spiro atoms. The molecule has 2 heterocycles. The number of aromatic nitrogens is 2. The molecule has 2 rings (SSSR count). The molecule has 1 unspecified atom stereocenters. The summed E-state index contributed by atoms with van der Waals surface area (Å²) in [5.41, 5.74) is 1.61. The van der Waals surface area contributed by atoms with Crippen LogP contribution in [0.25, 0.3) is 0 Å². The largest absolute Gasteiger partial charge is 0.493 e. The molecule has 0 saturated heterocycles. The normalized spacial score (nSPS) is 12.7. The third kappa shape index (κ3) is 2.13. The highest BCUT2D eigenvalue weighted by Crippen LogP contribution is 2.38. The van der Waals surface area contributed by atoms with Crippen LogP contribution in [0.15, 0.2) is 11.6 Å². The third-order valence-electron chi connectivity index (χ3n) is 2.80. The summed E-state index contributed by atoms with van der Waals surface area (Å²) in [6.07, 6.45) is 0.796. The van der Waals surface area contributed by atoms with Crippen molar-refractivity contribution in [2.24, 2.45) is 0 Å². The first-order chi connectivity index (χ1) is 8.60. The Hall–Kier alpha value is -1.04. The van der Waals surface area contributed by atoms with Crippen LogP contribution in [0.5, 0.6) is 5.75 Å². The topological polar surface area (TPSA) is 47.3 Å². The molecule has 18 heavy (non-hydrogen) atoms. The van der Waals surface area contributed by atoms with Gasteiger partial charge in [-0.05, 0) is 24.8 Å². The molecule has 98 valence electrons. The van der Waals surface area contributed by atoms with Gasteiger partial charge in [-0.1, -0.05) is 11.6 Å². The molecule has 0 saturated carbocycles. The zero-order valence-electron chi connectivity index (χ0n) is 10.5. The van der Waals surface area contributed by atoms with Gasteiger partial charge in [-0.15, -0.1) is 11.3 Å². The van der Waals surface area contributed by atoms with E-state index in [0.717, 1.165) is 10.4 Å². The number of hydrogen-bond donors (Lipinski definition) is 1. The van der Waals surface area contributed by atoms with Crippen LogP contribution in [0.1, 0.15) is 29.2 Å². The van der Waals surface area contributed by atoms with Crippen LogP contribution in [0.2, 0.25) is 5.02 Å². The van der Waals surface area contributed by atoms with Crippen molar-refractivity contribution in [1.82, 2.24) is 9.78 Å². The summed E-state index contributed by atoms with van der Waals surface area (Å²) in [5.74, 6) is 0.575. The fraction of sp³-hybridized carbons (Fsp3) is 0.417. The summed E-state index contributed by atoms with van der Waals surface area (Å²) >= 11 is 7.63. The highest BCUT2D eigenvalue weighted by atomic mass is 35.5. The van der Waals surface area contributed by atoms with Crippen LogP contribution in [-0.2, 0) is 6.54 Å². The fourth-order valence-electron chi connectivity index (χ4n) is 1.82. The number of hydrogen-bond acceptors (Lipinski definition) is 4. The lowest BCUT2D eigenvalue weighted by molar-refractivity contribution is 0.206. The molecule has 2 aromatic heterocycles. The Morgan fingerprint density at radius 1 is 1.61 bits per heavy atom. The average molecular weight is 287 g/mol. The van der Waals surface area contributed by atoms with Crippen molar-refractivity contribution < 1.29 is 9.84 Å². The minimum Gasteiger partial charge on any atom is -0.493 e. The molecule has 0 aromatic carbocycles. The number of thiophene rings is 1. The van der Waals surface area contributed by atoms with Gasteiger partial charge in [0.15, 0.2) is 5.75 Å². The molecule has 0 fully saturated rings. The zero-order valence-corrected chi connectivity index (χ0v) is 12.0. The number of aliphatic hydroxyl groups excluding tert-OH is 1. The standard InChI is InChI=1S/C12H15ClN2O2S/c1-4-15-10(8(17-3)5-14-15)11(16)12-9(13)7(2)6-18-12/h5-6,11,16H,4H2,1-3H3. The number of nitrogens with zero attached hydrogens (tertiary/aromatic N) is 2.